The lowest BCUT2D eigenvalue weighted by molar-refractivity contribution is -0.152. The van der Waals surface area contributed by atoms with Gasteiger partial charge in [-0.2, -0.15) is 0 Å². The van der Waals surface area contributed by atoms with Gasteiger partial charge in [0, 0.05) is 6.54 Å². The molecule has 0 aliphatic rings. The predicted molar refractivity (Wildman–Crippen MR) is 51.2 cm³/mol. The van der Waals surface area contributed by atoms with Crippen LogP contribution in [0.2, 0.25) is 0 Å². The molecular weight excluding hydrogens is 214 g/mol. The zero-order chi connectivity index (χ0) is 10.9. The first-order valence-electron chi connectivity index (χ1n) is 3.30. The molecule has 0 amide bonds. The second kappa shape index (κ2) is 4.64. The van der Waals surface area contributed by atoms with Gasteiger partial charge in [-0.1, -0.05) is 0 Å². The maximum absolute atomic E-state index is 10.9. The van der Waals surface area contributed by atoms with Gasteiger partial charge < -0.3 is 33.8 Å². The highest BCUT2D eigenvalue weighted by atomic mass is 35.5. The molecular formula is C5H14ClN5O3. The largest absolute Gasteiger partial charge is 0.475 e. The molecule has 9 heteroatoms. The number of carboxylic acid groups (broad SMARTS) is 1. The Labute approximate surface area is 86.2 Å². The zero-order valence-corrected chi connectivity index (χ0v) is 8.08. The van der Waals surface area contributed by atoms with Crippen molar-refractivity contribution in [2.75, 3.05) is 6.54 Å². The maximum atomic E-state index is 10.9. The minimum Gasteiger partial charge on any atom is -0.475 e. The van der Waals surface area contributed by atoms with Crippen molar-refractivity contribution in [3.8, 4) is 0 Å². The molecule has 0 unspecified atom stereocenters. The SMILES string of the molecule is Cl.NCC(N)(N)C(N)(N)C(=O)C(=O)O. The Hall–Kier alpha value is -0.770. The first-order valence-corrected chi connectivity index (χ1v) is 3.30. The molecule has 0 aliphatic heterocycles. The third-order valence-electron chi connectivity index (χ3n) is 1.68. The number of hydrogen-bond donors (Lipinski definition) is 6. The molecule has 14 heavy (non-hydrogen) atoms. The molecule has 0 radical (unpaired) electrons. The lowest BCUT2D eigenvalue weighted by Crippen LogP contribution is -2.82. The number of halogens is 1. The van der Waals surface area contributed by atoms with Crippen molar-refractivity contribution in [2.24, 2.45) is 28.7 Å². The number of carboxylic acids is 1. The van der Waals surface area contributed by atoms with Gasteiger partial charge in [-0.15, -0.1) is 12.4 Å². The second-order valence-electron chi connectivity index (χ2n) is 2.75. The molecule has 0 rings (SSSR count). The van der Waals surface area contributed by atoms with Crippen LogP contribution in [-0.4, -0.2) is 34.7 Å². The van der Waals surface area contributed by atoms with Crippen molar-refractivity contribution in [3.63, 3.8) is 0 Å². The number of nitrogens with two attached hydrogens (primary N) is 5. The quantitative estimate of drug-likeness (QED) is 0.209. The van der Waals surface area contributed by atoms with Crippen molar-refractivity contribution in [3.05, 3.63) is 0 Å². The molecule has 0 aromatic heterocycles. The van der Waals surface area contributed by atoms with E-state index in [0.29, 0.717) is 0 Å². The molecule has 0 atom stereocenters. The number of carbonyl (C=O) groups excluding carboxylic acids is 1. The first-order chi connectivity index (χ1) is 5.66. The van der Waals surface area contributed by atoms with E-state index in [-0.39, 0.29) is 12.4 Å². The Balaban J connectivity index is 0. The average Bonchev–Trinajstić information content (AvgIpc) is 2.02. The highest BCUT2D eigenvalue weighted by Gasteiger charge is 2.48. The number of carbonyl (C=O) groups is 2. The molecule has 11 N–H and O–H groups in total. The highest BCUT2D eigenvalue weighted by Crippen LogP contribution is 2.05. The van der Waals surface area contributed by atoms with E-state index >= 15 is 0 Å². The van der Waals surface area contributed by atoms with Gasteiger partial charge in [0.25, 0.3) is 5.78 Å². The standard InChI is InChI=1S/C5H13N5O3.ClH/c6-1-4(7,8)5(9,10)2(11)3(12)13;/h1,6-10H2,(H,12,13);1H. The van der Waals surface area contributed by atoms with Gasteiger partial charge in [0.2, 0.25) is 0 Å². The van der Waals surface area contributed by atoms with E-state index in [1.54, 1.807) is 0 Å². The Bertz CT molecular complexity index is 242. The fourth-order valence-corrected chi connectivity index (χ4v) is 0.557. The highest BCUT2D eigenvalue weighted by molar-refractivity contribution is 6.36. The van der Waals surface area contributed by atoms with E-state index in [4.69, 9.17) is 33.8 Å². The molecule has 0 aliphatic carbocycles. The number of Topliss-reactive ketones (excluding diaryl/α,β-unsaturated/α-hetero) is 1. The molecule has 0 aromatic rings. The van der Waals surface area contributed by atoms with Gasteiger partial charge in [0.15, 0.2) is 5.66 Å². The van der Waals surface area contributed by atoms with Crippen molar-refractivity contribution in [1.82, 2.24) is 0 Å². The van der Waals surface area contributed by atoms with E-state index < -0.39 is 29.6 Å². The van der Waals surface area contributed by atoms with Crippen molar-refractivity contribution in [1.29, 1.82) is 0 Å². The third kappa shape index (κ3) is 2.61. The monoisotopic (exact) mass is 227 g/mol. The summed E-state index contributed by atoms with van der Waals surface area (Å²) < 4.78 is 0. The van der Waals surface area contributed by atoms with Crippen LogP contribution in [0.3, 0.4) is 0 Å². The van der Waals surface area contributed by atoms with Gasteiger partial charge >= 0.3 is 5.97 Å². The topological polar surface area (TPSA) is 184 Å². The lowest BCUT2D eigenvalue weighted by atomic mass is 9.91. The third-order valence-corrected chi connectivity index (χ3v) is 1.68. The van der Waals surface area contributed by atoms with Crippen LogP contribution in [0.5, 0.6) is 0 Å². The van der Waals surface area contributed by atoms with Gasteiger partial charge in [-0.3, -0.25) is 4.79 Å². The molecule has 0 spiro atoms. The van der Waals surface area contributed by atoms with Crippen LogP contribution in [0.4, 0.5) is 0 Å². The van der Waals surface area contributed by atoms with Crippen LogP contribution in [0, 0.1) is 0 Å². The zero-order valence-electron chi connectivity index (χ0n) is 7.27. The summed E-state index contributed by atoms with van der Waals surface area (Å²) >= 11 is 0. The van der Waals surface area contributed by atoms with E-state index in [9.17, 15) is 9.59 Å². The van der Waals surface area contributed by atoms with Gasteiger partial charge in [-0.05, 0) is 0 Å². The van der Waals surface area contributed by atoms with Crippen LogP contribution in [0.1, 0.15) is 0 Å². The van der Waals surface area contributed by atoms with Crippen LogP contribution >= 0.6 is 12.4 Å². The summed E-state index contributed by atoms with van der Waals surface area (Å²) in [5.74, 6) is -3.29. The maximum Gasteiger partial charge on any atom is 0.375 e. The number of aliphatic carboxylic acids is 1. The molecule has 84 valence electrons. The Morgan fingerprint density at radius 1 is 1.14 bits per heavy atom. The summed E-state index contributed by atoms with van der Waals surface area (Å²) in [5, 5.41) is 8.32. The van der Waals surface area contributed by atoms with Gasteiger partial charge in [-0.25, -0.2) is 4.79 Å². The van der Waals surface area contributed by atoms with E-state index in [2.05, 4.69) is 0 Å². The van der Waals surface area contributed by atoms with Crippen LogP contribution in [0.25, 0.3) is 0 Å². The second-order valence-corrected chi connectivity index (χ2v) is 2.75. The molecule has 8 nitrogen and oxygen atoms in total. The molecule has 0 fully saturated rings. The van der Waals surface area contributed by atoms with Gasteiger partial charge in [0.1, 0.15) is 5.66 Å². The summed E-state index contributed by atoms with van der Waals surface area (Å²) in [6.07, 6.45) is 0. The van der Waals surface area contributed by atoms with Crippen LogP contribution < -0.4 is 28.7 Å². The number of ketones is 1. The summed E-state index contributed by atoms with van der Waals surface area (Å²) in [6, 6.07) is 0. The summed E-state index contributed by atoms with van der Waals surface area (Å²) in [5.41, 5.74) is 21.6. The molecule has 0 aromatic carbocycles. The summed E-state index contributed by atoms with van der Waals surface area (Å²) in [6.45, 7) is -0.418. The van der Waals surface area contributed by atoms with Crippen LogP contribution in [0.15, 0.2) is 0 Å². The Morgan fingerprint density at radius 3 is 1.71 bits per heavy atom. The van der Waals surface area contributed by atoms with Crippen molar-refractivity contribution < 1.29 is 14.7 Å². The van der Waals surface area contributed by atoms with E-state index in [1.165, 1.54) is 0 Å². The van der Waals surface area contributed by atoms with Crippen LogP contribution in [-0.2, 0) is 9.59 Å². The van der Waals surface area contributed by atoms with Crippen molar-refractivity contribution in [2.45, 2.75) is 11.3 Å². The Morgan fingerprint density at radius 2 is 1.50 bits per heavy atom. The summed E-state index contributed by atoms with van der Waals surface area (Å²) in [7, 11) is 0. The van der Waals surface area contributed by atoms with E-state index in [0.717, 1.165) is 0 Å². The fourth-order valence-electron chi connectivity index (χ4n) is 0.557. The minimum absolute atomic E-state index is 0. The molecule has 0 saturated carbocycles. The van der Waals surface area contributed by atoms with Gasteiger partial charge in [0.05, 0.1) is 0 Å². The minimum atomic E-state index is -2.38. The molecule has 0 bridgehead atoms. The average molecular weight is 228 g/mol. The fraction of sp³-hybridized carbons (Fsp3) is 0.600. The van der Waals surface area contributed by atoms with E-state index in [1.807, 2.05) is 0 Å². The predicted octanol–water partition coefficient (Wildman–Crippen LogP) is -3.75. The smallest absolute Gasteiger partial charge is 0.375 e. The number of rotatable bonds is 4. The number of hydrogen-bond acceptors (Lipinski definition) is 7. The normalized spacial score (nSPS) is 11.8. The molecule has 0 heterocycles. The lowest BCUT2D eigenvalue weighted by Gasteiger charge is -2.36. The Kier molecular flexibility index (Phi) is 5.20. The van der Waals surface area contributed by atoms with Crippen molar-refractivity contribution >= 4 is 24.2 Å². The first kappa shape index (κ1) is 15.7. The molecule has 0 saturated heterocycles. The summed E-state index contributed by atoms with van der Waals surface area (Å²) in [4.78, 5) is 21.2.